The van der Waals surface area contributed by atoms with E-state index in [1.54, 1.807) is 0 Å². The maximum atomic E-state index is 5.48. The second-order valence-corrected chi connectivity index (χ2v) is 7.35. The number of hydrogen-bond donors (Lipinski definition) is 1. The van der Waals surface area contributed by atoms with Gasteiger partial charge in [0, 0.05) is 42.6 Å². The van der Waals surface area contributed by atoms with Gasteiger partial charge in [-0.3, -0.25) is 0 Å². The van der Waals surface area contributed by atoms with Gasteiger partial charge in [0.05, 0.1) is 0 Å². The molecule has 26 heavy (non-hydrogen) atoms. The van der Waals surface area contributed by atoms with E-state index < -0.39 is 0 Å². The SMILES string of the molecule is Cc1nc(C(C)C)cc(N2CCC[C@H](Nc3ccc4c(c3)OCO4)C2)n1. The molecule has 0 saturated carbocycles. The van der Waals surface area contributed by atoms with Gasteiger partial charge in [-0.25, -0.2) is 9.97 Å². The van der Waals surface area contributed by atoms with Crippen LogP contribution in [0.3, 0.4) is 0 Å². The zero-order valence-corrected chi connectivity index (χ0v) is 15.7. The lowest BCUT2D eigenvalue weighted by atomic mass is 10.0. The van der Waals surface area contributed by atoms with E-state index in [4.69, 9.17) is 9.47 Å². The molecule has 0 spiro atoms. The number of ether oxygens (including phenoxy) is 2. The fraction of sp³-hybridized carbons (Fsp3) is 0.500. The number of fused-ring (bicyclic) bond motifs is 1. The molecule has 2 aromatic rings. The van der Waals surface area contributed by atoms with E-state index in [1.807, 2.05) is 19.1 Å². The average Bonchev–Trinajstić information content (AvgIpc) is 3.09. The Morgan fingerprint density at radius 2 is 2.00 bits per heavy atom. The molecule has 1 atom stereocenters. The normalized spacial score (nSPS) is 19.1. The molecule has 1 fully saturated rings. The van der Waals surface area contributed by atoms with Crippen molar-refractivity contribution in [1.29, 1.82) is 0 Å². The summed E-state index contributed by atoms with van der Waals surface area (Å²) < 4.78 is 10.9. The Morgan fingerprint density at radius 3 is 2.85 bits per heavy atom. The third-order valence-electron chi connectivity index (χ3n) is 4.92. The van der Waals surface area contributed by atoms with Crippen molar-refractivity contribution in [3.8, 4) is 11.5 Å². The predicted molar refractivity (Wildman–Crippen MR) is 102 cm³/mol. The van der Waals surface area contributed by atoms with Crippen LogP contribution in [0, 0.1) is 6.92 Å². The first-order valence-electron chi connectivity index (χ1n) is 9.35. The van der Waals surface area contributed by atoms with E-state index in [1.165, 1.54) is 0 Å². The zero-order valence-electron chi connectivity index (χ0n) is 15.7. The topological polar surface area (TPSA) is 59.5 Å². The molecule has 0 amide bonds. The molecule has 2 aliphatic rings. The lowest BCUT2D eigenvalue weighted by molar-refractivity contribution is 0.174. The Morgan fingerprint density at radius 1 is 1.15 bits per heavy atom. The molecular formula is C20H26N4O2. The van der Waals surface area contributed by atoms with Crippen LogP contribution in [-0.4, -0.2) is 35.9 Å². The highest BCUT2D eigenvalue weighted by Gasteiger charge is 2.23. The molecular weight excluding hydrogens is 328 g/mol. The van der Waals surface area contributed by atoms with Crippen molar-refractivity contribution in [3.05, 3.63) is 35.8 Å². The lowest BCUT2D eigenvalue weighted by Crippen LogP contribution is -2.42. The smallest absolute Gasteiger partial charge is 0.231 e. The molecule has 1 aromatic heterocycles. The standard InChI is InChI=1S/C20H26N4O2/c1-13(2)17-10-20(22-14(3)21-17)24-8-4-5-16(11-24)23-15-6-7-18-19(9-15)26-12-25-18/h6-7,9-10,13,16,23H,4-5,8,11-12H2,1-3H3/t16-/m0/s1. The summed E-state index contributed by atoms with van der Waals surface area (Å²) in [6, 6.07) is 8.56. The number of aromatic nitrogens is 2. The van der Waals surface area contributed by atoms with Crippen LogP contribution >= 0.6 is 0 Å². The molecule has 0 unspecified atom stereocenters. The molecule has 0 aliphatic carbocycles. The molecule has 3 heterocycles. The summed E-state index contributed by atoms with van der Waals surface area (Å²) in [5.74, 6) is 3.92. The van der Waals surface area contributed by atoms with E-state index >= 15 is 0 Å². The van der Waals surface area contributed by atoms with Crippen molar-refractivity contribution >= 4 is 11.5 Å². The molecule has 0 radical (unpaired) electrons. The highest BCUT2D eigenvalue weighted by Crippen LogP contribution is 2.34. The first kappa shape index (κ1) is 16.9. The summed E-state index contributed by atoms with van der Waals surface area (Å²) in [5.41, 5.74) is 2.18. The van der Waals surface area contributed by atoms with Gasteiger partial charge in [0.2, 0.25) is 6.79 Å². The van der Waals surface area contributed by atoms with Crippen LogP contribution < -0.4 is 19.7 Å². The van der Waals surface area contributed by atoms with Gasteiger partial charge in [-0.05, 0) is 37.8 Å². The van der Waals surface area contributed by atoms with Gasteiger partial charge >= 0.3 is 0 Å². The minimum Gasteiger partial charge on any atom is -0.454 e. The van der Waals surface area contributed by atoms with Gasteiger partial charge in [-0.15, -0.1) is 0 Å². The van der Waals surface area contributed by atoms with Crippen LogP contribution in [0.25, 0.3) is 0 Å². The predicted octanol–water partition coefficient (Wildman–Crippen LogP) is 3.72. The average molecular weight is 354 g/mol. The summed E-state index contributed by atoms with van der Waals surface area (Å²) in [4.78, 5) is 11.6. The van der Waals surface area contributed by atoms with Crippen molar-refractivity contribution in [2.75, 3.05) is 30.1 Å². The molecule has 4 rings (SSSR count). The fourth-order valence-electron chi connectivity index (χ4n) is 3.56. The molecule has 6 heteroatoms. The van der Waals surface area contributed by atoms with Crippen molar-refractivity contribution < 1.29 is 9.47 Å². The van der Waals surface area contributed by atoms with E-state index in [2.05, 4.69) is 46.2 Å². The van der Waals surface area contributed by atoms with Crippen molar-refractivity contribution in [3.63, 3.8) is 0 Å². The minimum absolute atomic E-state index is 0.307. The number of benzene rings is 1. The van der Waals surface area contributed by atoms with E-state index in [9.17, 15) is 0 Å². The number of aryl methyl sites for hydroxylation is 1. The van der Waals surface area contributed by atoms with E-state index in [0.29, 0.717) is 18.8 Å². The molecule has 2 aliphatic heterocycles. The molecule has 1 saturated heterocycles. The zero-order chi connectivity index (χ0) is 18.1. The maximum Gasteiger partial charge on any atom is 0.231 e. The molecule has 1 N–H and O–H groups in total. The minimum atomic E-state index is 0.307. The lowest BCUT2D eigenvalue weighted by Gasteiger charge is -2.34. The van der Waals surface area contributed by atoms with Crippen molar-refractivity contribution in [1.82, 2.24) is 9.97 Å². The van der Waals surface area contributed by atoms with Crippen LogP contribution in [0.5, 0.6) is 11.5 Å². The van der Waals surface area contributed by atoms with Gasteiger partial charge < -0.3 is 19.7 Å². The Bertz CT molecular complexity index is 793. The Balaban J connectivity index is 1.47. The summed E-state index contributed by atoms with van der Waals surface area (Å²) in [6.45, 7) is 8.59. The second kappa shape index (κ2) is 7.02. The van der Waals surface area contributed by atoms with Crippen LogP contribution in [0.15, 0.2) is 24.3 Å². The molecule has 6 nitrogen and oxygen atoms in total. The number of hydrogen-bond acceptors (Lipinski definition) is 6. The fourth-order valence-corrected chi connectivity index (χ4v) is 3.56. The monoisotopic (exact) mass is 354 g/mol. The number of piperidine rings is 1. The highest BCUT2D eigenvalue weighted by molar-refractivity contribution is 5.56. The maximum absolute atomic E-state index is 5.48. The third kappa shape index (κ3) is 3.54. The highest BCUT2D eigenvalue weighted by atomic mass is 16.7. The number of nitrogens with one attached hydrogen (secondary N) is 1. The molecule has 1 aromatic carbocycles. The van der Waals surface area contributed by atoms with Crippen LogP contribution in [0.4, 0.5) is 11.5 Å². The quantitative estimate of drug-likeness (QED) is 0.903. The third-order valence-corrected chi connectivity index (χ3v) is 4.92. The Kier molecular flexibility index (Phi) is 4.57. The number of nitrogens with zero attached hydrogens (tertiary/aromatic N) is 3. The Labute approximate surface area is 154 Å². The van der Waals surface area contributed by atoms with Crippen LogP contribution in [0.1, 0.15) is 44.1 Å². The van der Waals surface area contributed by atoms with Crippen molar-refractivity contribution in [2.45, 2.75) is 45.6 Å². The summed E-state index contributed by atoms with van der Waals surface area (Å²) >= 11 is 0. The van der Waals surface area contributed by atoms with Crippen LogP contribution in [-0.2, 0) is 0 Å². The largest absolute Gasteiger partial charge is 0.454 e. The van der Waals surface area contributed by atoms with Crippen molar-refractivity contribution in [2.24, 2.45) is 0 Å². The molecule has 0 bridgehead atoms. The van der Waals surface area contributed by atoms with Gasteiger partial charge in [-0.1, -0.05) is 13.8 Å². The summed E-state index contributed by atoms with van der Waals surface area (Å²) in [7, 11) is 0. The molecule has 138 valence electrons. The first-order valence-corrected chi connectivity index (χ1v) is 9.35. The van der Waals surface area contributed by atoms with Gasteiger partial charge in [-0.2, -0.15) is 0 Å². The number of anilines is 2. The Hall–Kier alpha value is -2.50. The summed E-state index contributed by atoms with van der Waals surface area (Å²) in [6.07, 6.45) is 2.29. The van der Waals surface area contributed by atoms with E-state index in [-0.39, 0.29) is 0 Å². The second-order valence-electron chi connectivity index (χ2n) is 7.35. The van der Waals surface area contributed by atoms with Gasteiger partial charge in [0.1, 0.15) is 11.6 Å². The van der Waals surface area contributed by atoms with Crippen LogP contribution in [0.2, 0.25) is 0 Å². The van der Waals surface area contributed by atoms with Gasteiger partial charge in [0.25, 0.3) is 0 Å². The first-order chi connectivity index (χ1) is 12.6. The van der Waals surface area contributed by atoms with Gasteiger partial charge in [0.15, 0.2) is 11.5 Å². The summed E-state index contributed by atoms with van der Waals surface area (Å²) in [5, 5.41) is 3.64. The van der Waals surface area contributed by atoms with E-state index in [0.717, 1.165) is 60.5 Å². The number of rotatable bonds is 4.